The van der Waals surface area contributed by atoms with E-state index in [2.05, 4.69) is 9.71 Å². The molecule has 8 nitrogen and oxygen atoms in total. The number of nitrogens with one attached hydrogen (secondary N) is 1. The van der Waals surface area contributed by atoms with Crippen molar-refractivity contribution in [1.29, 1.82) is 0 Å². The van der Waals surface area contributed by atoms with Crippen LogP contribution in [0.15, 0.2) is 68.4 Å². The molecule has 1 aromatic carbocycles. The zero-order valence-corrected chi connectivity index (χ0v) is 17.1. The molecule has 0 unspecified atom stereocenters. The minimum atomic E-state index is -3.88. The molecule has 0 spiro atoms. The van der Waals surface area contributed by atoms with Crippen LogP contribution in [0.1, 0.15) is 17.7 Å². The summed E-state index contributed by atoms with van der Waals surface area (Å²) in [5, 5.41) is 0. The number of furan rings is 1. The number of hydrogen-bond donors (Lipinski definition) is 1. The lowest BCUT2D eigenvalue weighted by Gasteiger charge is -2.12. The van der Waals surface area contributed by atoms with Gasteiger partial charge in [-0.15, -0.1) is 0 Å². The summed E-state index contributed by atoms with van der Waals surface area (Å²) < 4.78 is 60.5. The number of sulfonamides is 1. The number of rotatable bonds is 8. The van der Waals surface area contributed by atoms with Gasteiger partial charge >= 0.3 is 0 Å². The van der Waals surface area contributed by atoms with E-state index in [0.29, 0.717) is 18.5 Å². The summed E-state index contributed by atoms with van der Waals surface area (Å²) in [6.07, 6.45) is 6.97. The van der Waals surface area contributed by atoms with Crippen LogP contribution < -0.4 is 4.72 Å². The average Bonchev–Trinajstić information content (AvgIpc) is 3.30. The Morgan fingerprint density at radius 1 is 1.11 bits per heavy atom. The number of aryl methyl sites for hydroxylation is 3. The molecule has 0 fully saturated rings. The van der Waals surface area contributed by atoms with Crippen LogP contribution in [0, 0.1) is 13.8 Å². The van der Waals surface area contributed by atoms with Crippen LogP contribution in [0.25, 0.3) is 0 Å². The molecule has 3 rings (SSSR count). The average molecular weight is 424 g/mol. The van der Waals surface area contributed by atoms with Gasteiger partial charge in [-0.2, -0.15) is 0 Å². The van der Waals surface area contributed by atoms with E-state index in [-0.39, 0.29) is 27.0 Å². The van der Waals surface area contributed by atoms with Gasteiger partial charge in [-0.25, -0.2) is 26.5 Å². The summed E-state index contributed by atoms with van der Waals surface area (Å²) in [5.74, 6) is 0.252. The molecule has 0 saturated heterocycles. The van der Waals surface area contributed by atoms with Gasteiger partial charge in [0, 0.05) is 25.5 Å². The molecule has 0 aliphatic rings. The number of aromatic nitrogens is 2. The largest absolute Gasteiger partial charge is 0.468 e. The molecular weight excluding hydrogens is 402 g/mol. The summed E-state index contributed by atoms with van der Waals surface area (Å²) >= 11 is 0. The maximum atomic E-state index is 12.8. The van der Waals surface area contributed by atoms with Gasteiger partial charge in [0.05, 0.1) is 22.4 Å². The monoisotopic (exact) mass is 423 g/mol. The Labute approximate surface area is 164 Å². The van der Waals surface area contributed by atoms with Crippen molar-refractivity contribution in [3.05, 3.63) is 60.6 Å². The maximum Gasteiger partial charge on any atom is 0.240 e. The second-order valence-electron chi connectivity index (χ2n) is 6.32. The summed E-state index contributed by atoms with van der Waals surface area (Å²) in [6, 6.07) is 5.43. The standard InChI is InChI=1S/C18H21N3O5S2/c1-14-4-5-16(27(22,23)17-6-11-26-15(17)2)12-18(14)28(24,25)20-7-3-9-21-10-8-19-13-21/h4-6,8,10-13,20H,3,7,9H2,1-2H3. The molecule has 0 atom stereocenters. The lowest BCUT2D eigenvalue weighted by Crippen LogP contribution is -2.26. The first-order valence-corrected chi connectivity index (χ1v) is 11.5. The topological polar surface area (TPSA) is 111 Å². The fourth-order valence-corrected chi connectivity index (χ4v) is 5.63. The van der Waals surface area contributed by atoms with Crippen molar-refractivity contribution in [3.8, 4) is 0 Å². The van der Waals surface area contributed by atoms with Gasteiger partial charge < -0.3 is 8.98 Å². The minimum Gasteiger partial charge on any atom is -0.468 e. The smallest absolute Gasteiger partial charge is 0.240 e. The molecule has 0 aliphatic heterocycles. The zero-order valence-electron chi connectivity index (χ0n) is 15.5. The quantitative estimate of drug-likeness (QED) is 0.557. The van der Waals surface area contributed by atoms with Gasteiger partial charge in [0.15, 0.2) is 0 Å². The fraction of sp³-hybridized carbons (Fsp3) is 0.278. The van der Waals surface area contributed by atoms with Gasteiger partial charge in [-0.05, 0) is 44.0 Å². The summed E-state index contributed by atoms with van der Waals surface area (Å²) in [4.78, 5) is 3.80. The third-order valence-corrected chi connectivity index (χ3v) is 7.78. The molecule has 1 N–H and O–H groups in total. The van der Waals surface area contributed by atoms with Gasteiger partial charge in [0.1, 0.15) is 10.7 Å². The summed E-state index contributed by atoms with van der Waals surface area (Å²) in [7, 11) is -7.73. The highest BCUT2D eigenvalue weighted by Gasteiger charge is 2.25. The van der Waals surface area contributed by atoms with Crippen LogP contribution in [-0.2, 0) is 26.4 Å². The Morgan fingerprint density at radius 2 is 1.89 bits per heavy atom. The number of nitrogens with zero attached hydrogens (tertiary/aromatic N) is 2. The third kappa shape index (κ3) is 4.18. The predicted molar refractivity (Wildman–Crippen MR) is 102 cm³/mol. The normalized spacial score (nSPS) is 12.4. The molecule has 28 heavy (non-hydrogen) atoms. The minimum absolute atomic E-state index is 0.0213. The van der Waals surface area contributed by atoms with Crippen molar-refractivity contribution in [2.45, 2.75) is 41.5 Å². The van der Waals surface area contributed by atoms with E-state index in [0.717, 1.165) is 0 Å². The first kappa shape index (κ1) is 20.3. The summed E-state index contributed by atoms with van der Waals surface area (Å²) in [6.45, 7) is 4.01. The van der Waals surface area contributed by atoms with Gasteiger partial charge in [-0.1, -0.05) is 6.07 Å². The van der Waals surface area contributed by atoms with E-state index >= 15 is 0 Å². The third-order valence-electron chi connectivity index (χ3n) is 4.30. The first-order chi connectivity index (χ1) is 13.2. The molecule has 0 aliphatic carbocycles. The Balaban J connectivity index is 1.81. The van der Waals surface area contributed by atoms with Crippen LogP contribution in [0.5, 0.6) is 0 Å². The Bertz CT molecular complexity index is 1160. The molecule has 3 aromatic rings. The zero-order chi connectivity index (χ0) is 20.4. The first-order valence-electron chi connectivity index (χ1n) is 8.57. The van der Waals surface area contributed by atoms with Crippen LogP contribution in [0.3, 0.4) is 0 Å². The lowest BCUT2D eigenvalue weighted by molar-refractivity contribution is 0.522. The number of benzene rings is 1. The SMILES string of the molecule is Cc1ccc(S(=O)(=O)c2ccoc2C)cc1S(=O)(=O)NCCCn1ccnc1. The second-order valence-corrected chi connectivity index (χ2v) is 9.98. The van der Waals surface area contributed by atoms with Crippen LogP contribution >= 0.6 is 0 Å². The lowest BCUT2D eigenvalue weighted by atomic mass is 10.2. The van der Waals surface area contributed by atoms with E-state index in [9.17, 15) is 16.8 Å². The Kier molecular flexibility index (Phi) is 5.73. The van der Waals surface area contributed by atoms with E-state index < -0.39 is 19.9 Å². The van der Waals surface area contributed by atoms with E-state index in [1.54, 1.807) is 32.6 Å². The van der Waals surface area contributed by atoms with Gasteiger partial charge in [0.25, 0.3) is 0 Å². The van der Waals surface area contributed by atoms with Gasteiger partial charge in [-0.3, -0.25) is 0 Å². The molecule has 0 saturated carbocycles. The van der Waals surface area contributed by atoms with Crippen molar-refractivity contribution in [3.63, 3.8) is 0 Å². The van der Waals surface area contributed by atoms with Crippen LogP contribution in [0.4, 0.5) is 0 Å². The molecule has 2 heterocycles. The van der Waals surface area contributed by atoms with Crippen molar-refractivity contribution in [1.82, 2.24) is 14.3 Å². The molecule has 2 aromatic heterocycles. The number of imidazole rings is 1. The van der Waals surface area contributed by atoms with Crippen molar-refractivity contribution in [2.24, 2.45) is 0 Å². The highest BCUT2D eigenvalue weighted by molar-refractivity contribution is 7.91. The molecule has 10 heteroatoms. The molecule has 0 bridgehead atoms. The second kappa shape index (κ2) is 7.90. The van der Waals surface area contributed by atoms with Crippen LogP contribution in [-0.4, -0.2) is 32.9 Å². The van der Waals surface area contributed by atoms with Crippen molar-refractivity contribution >= 4 is 19.9 Å². The van der Waals surface area contributed by atoms with Crippen molar-refractivity contribution < 1.29 is 21.3 Å². The maximum absolute atomic E-state index is 12.8. The Morgan fingerprint density at radius 3 is 2.54 bits per heavy atom. The molecule has 0 amide bonds. The molecule has 150 valence electrons. The van der Waals surface area contributed by atoms with E-state index in [1.165, 1.54) is 30.5 Å². The van der Waals surface area contributed by atoms with E-state index in [1.807, 2.05) is 4.57 Å². The number of hydrogen-bond acceptors (Lipinski definition) is 6. The van der Waals surface area contributed by atoms with E-state index in [4.69, 9.17) is 4.42 Å². The molecule has 0 radical (unpaired) electrons. The highest BCUT2D eigenvalue weighted by atomic mass is 32.2. The summed E-state index contributed by atoms with van der Waals surface area (Å²) in [5.41, 5.74) is 0.463. The van der Waals surface area contributed by atoms with Crippen LogP contribution in [0.2, 0.25) is 0 Å². The fourth-order valence-electron chi connectivity index (χ4n) is 2.78. The highest BCUT2D eigenvalue weighted by Crippen LogP contribution is 2.27. The van der Waals surface area contributed by atoms with Crippen molar-refractivity contribution in [2.75, 3.05) is 6.54 Å². The Hall–Kier alpha value is -2.43. The predicted octanol–water partition coefficient (Wildman–Crippen LogP) is 2.29. The van der Waals surface area contributed by atoms with Gasteiger partial charge in [0.2, 0.25) is 19.9 Å². The number of sulfone groups is 1. The molecular formula is C18H21N3O5S2.